The normalized spacial score (nSPS) is 11.2. The number of amides is 1. The molecule has 0 spiro atoms. The molecule has 0 aliphatic rings. The maximum absolute atomic E-state index is 11.5. The van der Waals surface area contributed by atoms with Crippen molar-refractivity contribution < 1.29 is 19.4 Å². The van der Waals surface area contributed by atoms with Crippen molar-refractivity contribution in [3.8, 4) is 0 Å². The van der Waals surface area contributed by atoms with Crippen LogP contribution in [-0.2, 0) is 17.7 Å². The van der Waals surface area contributed by atoms with E-state index in [-0.39, 0.29) is 12.2 Å². The third kappa shape index (κ3) is 5.16. The van der Waals surface area contributed by atoms with E-state index in [4.69, 9.17) is 9.84 Å². The Kier molecular flexibility index (Phi) is 5.50. The number of carboxylic acids is 1. The van der Waals surface area contributed by atoms with Crippen LogP contribution in [0.25, 0.3) is 0 Å². The first-order valence-electron chi connectivity index (χ1n) is 6.41. The van der Waals surface area contributed by atoms with Gasteiger partial charge in [0.2, 0.25) is 0 Å². The molecule has 0 saturated heterocycles. The van der Waals surface area contributed by atoms with E-state index in [2.05, 4.69) is 10.3 Å². The number of carbonyl (C=O) groups excluding carboxylic acids is 1. The van der Waals surface area contributed by atoms with Crippen molar-refractivity contribution in [2.75, 3.05) is 0 Å². The molecule has 0 radical (unpaired) electrons. The van der Waals surface area contributed by atoms with Gasteiger partial charge in [0, 0.05) is 4.88 Å². The van der Waals surface area contributed by atoms with Crippen molar-refractivity contribution in [1.29, 1.82) is 0 Å². The van der Waals surface area contributed by atoms with Gasteiger partial charge in [0.25, 0.3) is 0 Å². The largest absolute Gasteiger partial charge is 0.476 e. The smallest absolute Gasteiger partial charge is 0.408 e. The molecule has 1 aromatic rings. The highest BCUT2D eigenvalue weighted by atomic mass is 32.1. The molecule has 20 heavy (non-hydrogen) atoms. The molecule has 0 fully saturated rings. The Bertz CT molecular complexity index is 491. The average Bonchev–Trinajstić information content (AvgIpc) is 2.68. The van der Waals surface area contributed by atoms with E-state index in [0.717, 1.165) is 11.3 Å². The summed E-state index contributed by atoms with van der Waals surface area (Å²) in [7, 11) is 0. The molecule has 0 saturated carbocycles. The molecular formula is C13H20N2O4S. The monoisotopic (exact) mass is 300 g/mol. The molecule has 0 bridgehead atoms. The zero-order valence-electron chi connectivity index (χ0n) is 12.1. The van der Waals surface area contributed by atoms with Gasteiger partial charge in [-0.2, -0.15) is 0 Å². The Morgan fingerprint density at radius 2 is 2.05 bits per heavy atom. The number of alkyl carbamates (subject to hydrolysis) is 1. The fourth-order valence-corrected chi connectivity index (χ4v) is 2.60. The Hall–Kier alpha value is -1.63. The number of aromatic carboxylic acids is 1. The summed E-state index contributed by atoms with van der Waals surface area (Å²) in [4.78, 5) is 27.4. The number of rotatable bonds is 5. The van der Waals surface area contributed by atoms with Crippen LogP contribution < -0.4 is 5.32 Å². The first-order valence-corrected chi connectivity index (χ1v) is 7.23. The number of thiazole rings is 1. The highest BCUT2D eigenvalue weighted by Gasteiger charge is 2.19. The quantitative estimate of drug-likeness (QED) is 0.873. The van der Waals surface area contributed by atoms with Crippen LogP contribution in [0.1, 0.15) is 54.5 Å². The number of carboxylic acid groups (broad SMARTS) is 1. The zero-order valence-corrected chi connectivity index (χ0v) is 13.0. The van der Waals surface area contributed by atoms with Crippen molar-refractivity contribution in [3.63, 3.8) is 0 Å². The van der Waals surface area contributed by atoms with Crippen molar-refractivity contribution in [2.45, 2.75) is 52.7 Å². The van der Waals surface area contributed by atoms with Crippen LogP contribution in [0.15, 0.2) is 0 Å². The Morgan fingerprint density at radius 3 is 2.55 bits per heavy atom. The van der Waals surface area contributed by atoms with Gasteiger partial charge in [-0.1, -0.05) is 13.3 Å². The number of ether oxygens (including phenoxy) is 1. The average molecular weight is 300 g/mol. The predicted octanol–water partition coefficient (Wildman–Crippen LogP) is 2.82. The van der Waals surface area contributed by atoms with E-state index < -0.39 is 17.7 Å². The van der Waals surface area contributed by atoms with E-state index in [9.17, 15) is 9.59 Å². The van der Waals surface area contributed by atoms with Gasteiger partial charge in [-0.3, -0.25) is 0 Å². The van der Waals surface area contributed by atoms with Crippen LogP contribution in [0.4, 0.5) is 4.79 Å². The molecule has 7 heteroatoms. The Balaban J connectivity index is 2.67. The third-order valence-corrected chi connectivity index (χ3v) is 3.32. The Labute approximate surface area is 122 Å². The van der Waals surface area contributed by atoms with Gasteiger partial charge in [0.05, 0.1) is 6.54 Å². The molecule has 0 atom stereocenters. The maximum Gasteiger partial charge on any atom is 0.408 e. The molecule has 0 aliphatic carbocycles. The van der Waals surface area contributed by atoms with E-state index in [1.54, 1.807) is 20.8 Å². The summed E-state index contributed by atoms with van der Waals surface area (Å²) in [5.74, 6) is -1.03. The molecule has 1 aromatic heterocycles. The summed E-state index contributed by atoms with van der Waals surface area (Å²) < 4.78 is 5.10. The summed E-state index contributed by atoms with van der Waals surface area (Å²) in [5, 5.41) is 12.2. The topological polar surface area (TPSA) is 88.5 Å². The van der Waals surface area contributed by atoms with Gasteiger partial charge in [0.15, 0.2) is 5.69 Å². The second-order valence-electron chi connectivity index (χ2n) is 5.29. The molecule has 0 unspecified atom stereocenters. The first-order chi connectivity index (χ1) is 9.23. The van der Waals surface area contributed by atoms with E-state index in [1.165, 1.54) is 11.3 Å². The second-order valence-corrected chi connectivity index (χ2v) is 6.46. The summed E-state index contributed by atoms with van der Waals surface area (Å²) in [5.41, 5.74) is -0.482. The van der Waals surface area contributed by atoms with Gasteiger partial charge in [-0.15, -0.1) is 11.3 Å². The molecule has 1 heterocycles. The van der Waals surface area contributed by atoms with Gasteiger partial charge in [-0.05, 0) is 27.2 Å². The van der Waals surface area contributed by atoms with E-state index in [0.29, 0.717) is 11.4 Å². The lowest BCUT2D eigenvalue weighted by atomic mass is 10.2. The number of hydrogen-bond acceptors (Lipinski definition) is 5. The lowest BCUT2D eigenvalue weighted by Crippen LogP contribution is -2.32. The SMILES string of the molecule is CCCc1sc(CNC(=O)OC(C)(C)C)nc1C(=O)O. The van der Waals surface area contributed by atoms with Crippen LogP contribution >= 0.6 is 11.3 Å². The lowest BCUT2D eigenvalue weighted by molar-refractivity contribution is 0.0523. The lowest BCUT2D eigenvalue weighted by Gasteiger charge is -2.19. The number of aryl methyl sites for hydroxylation is 1. The summed E-state index contributed by atoms with van der Waals surface area (Å²) in [6.45, 7) is 7.47. The van der Waals surface area contributed by atoms with Crippen LogP contribution in [0.3, 0.4) is 0 Å². The minimum Gasteiger partial charge on any atom is -0.476 e. The molecule has 112 valence electrons. The van der Waals surface area contributed by atoms with Crippen LogP contribution in [-0.4, -0.2) is 27.8 Å². The van der Waals surface area contributed by atoms with Gasteiger partial charge >= 0.3 is 12.1 Å². The highest BCUT2D eigenvalue weighted by molar-refractivity contribution is 7.11. The first kappa shape index (κ1) is 16.4. The van der Waals surface area contributed by atoms with Crippen molar-refractivity contribution >= 4 is 23.4 Å². The van der Waals surface area contributed by atoms with Crippen LogP contribution in [0.5, 0.6) is 0 Å². The van der Waals surface area contributed by atoms with Gasteiger partial charge < -0.3 is 15.2 Å². The fourth-order valence-electron chi connectivity index (χ4n) is 1.50. The molecule has 6 nitrogen and oxygen atoms in total. The molecule has 1 rings (SSSR count). The van der Waals surface area contributed by atoms with Crippen molar-refractivity contribution in [2.24, 2.45) is 0 Å². The number of aromatic nitrogens is 1. The molecular weight excluding hydrogens is 280 g/mol. The summed E-state index contributed by atoms with van der Waals surface area (Å²) >= 11 is 1.31. The predicted molar refractivity (Wildman–Crippen MR) is 76.1 cm³/mol. The molecule has 1 amide bonds. The second kappa shape index (κ2) is 6.69. The van der Waals surface area contributed by atoms with Gasteiger partial charge in [-0.25, -0.2) is 14.6 Å². The van der Waals surface area contributed by atoms with Crippen LogP contribution in [0.2, 0.25) is 0 Å². The minimum absolute atomic E-state index is 0.0813. The number of nitrogens with one attached hydrogen (secondary N) is 1. The highest BCUT2D eigenvalue weighted by Crippen LogP contribution is 2.20. The molecule has 2 N–H and O–H groups in total. The minimum atomic E-state index is -1.03. The number of hydrogen-bond donors (Lipinski definition) is 2. The van der Waals surface area contributed by atoms with Crippen LogP contribution in [0, 0.1) is 0 Å². The number of carbonyl (C=O) groups is 2. The standard InChI is InChI=1S/C13H20N2O4S/c1-5-6-8-10(11(16)17)15-9(20-8)7-14-12(18)19-13(2,3)4/h5-7H2,1-4H3,(H,14,18)(H,16,17). The summed E-state index contributed by atoms with van der Waals surface area (Å²) in [6, 6.07) is 0. The van der Waals surface area contributed by atoms with Crippen molar-refractivity contribution in [1.82, 2.24) is 10.3 Å². The maximum atomic E-state index is 11.5. The van der Waals surface area contributed by atoms with E-state index >= 15 is 0 Å². The number of nitrogens with zero attached hydrogens (tertiary/aromatic N) is 1. The van der Waals surface area contributed by atoms with Crippen molar-refractivity contribution in [3.05, 3.63) is 15.6 Å². The van der Waals surface area contributed by atoms with E-state index in [1.807, 2.05) is 6.92 Å². The fraction of sp³-hybridized carbons (Fsp3) is 0.615. The van der Waals surface area contributed by atoms with Gasteiger partial charge in [0.1, 0.15) is 10.6 Å². The molecule has 0 aliphatic heterocycles. The third-order valence-electron chi connectivity index (χ3n) is 2.20. The molecule has 0 aromatic carbocycles. The zero-order chi connectivity index (χ0) is 15.3. The Morgan fingerprint density at radius 1 is 1.40 bits per heavy atom. The summed E-state index contributed by atoms with van der Waals surface area (Å²) in [6.07, 6.45) is 0.981.